The molecule has 3 fully saturated rings. The lowest BCUT2D eigenvalue weighted by Gasteiger charge is -2.40. The van der Waals surface area contributed by atoms with Crippen LogP contribution in [0, 0.1) is 17.8 Å². The van der Waals surface area contributed by atoms with E-state index < -0.39 is 22.6 Å². The first-order valence-corrected chi connectivity index (χ1v) is 14.2. The number of aliphatic hydroxyl groups is 1. The minimum absolute atomic E-state index is 0.0271. The van der Waals surface area contributed by atoms with E-state index in [1.165, 1.54) is 4.90 Å². The summed E-state index contributed by atoms with van der Waals surface area (Å²) in [6.45, 7) is 9.93. The van der Waals surface area contributed by atoms with E-state index >= 15 is 0 Å². The van der Waals surface area contributed by atoms with Crippen molar-refractivity contribution < 1.29 is 29.0 Å². The van der Waals surface area contributed by atoms with Gasteiger partial charge in [0.15, 0.2) is 0 Å². The van der Waals surface area contributed by atoms with Crippen molar-refractivity contribution in [1.29, 1.82) is 0 Å². The monoisotopic (exact) mass is 542 g/mol. The lowest BCUT2D eigenvalue weighted by Crippen LogP contribution is -2.57. The Kier molecular flexibility index (Phi) is 8.88. The molecule has 0 radical (unpaired) electrons. The fraction of sp³-hybridized carbons (Fsp3) is 0.552. The van der Waals surface area contributed by atoms with Crippen LogP contribution < -0.4 is 9.64 Å². The highest BCUT2D eigenvalue weighted by atomic mass is 32.2. The Morgan fingerprint density at radius 3 is 2.61 bits per heavy atom. The highest BCUT2D eigenvalue weighted by Crippen LogP contribution is 2.68. The van der Waals surface area contributed by atoms with Gasteiger partial charge in [0.2, 0.25) is 5.91 Å². The van der Waals surface area contributed by atoms with Crippen LogP contribution in [0.2, 0.25) is 0 Å². The third-order valence-corrected chi connectivity index (χ3v) is 10.2. The van der Waals surface area contributed by atoms with E-state index in [0.29, 0.717) is 18.0 Å². The van der Waals surface area contributed by atoms with E-state index in [1.807, 2.05) is 6.08 Å². The summed E-state index contributed by atoms with van der Waals surface area (Å²) in [7, 11) is 1.58. The third-order valence-electron chi connectivity index (χ3n) is 8.10. The molecule has 3 aliphatic heterocycles. The molecule has 3 unspecified atom stereocenters. The topological polar surface area (TPSA) is 96.4 Å². The number of hydrogen-bond donors (Lipinski definition) is 1. The Morgan fingerprint density at radius 2 is 1.97 bits per heavy atom. The normalized spacial score (nSPS) is 29.2. The Bertz CT molecular complexity index is 1060. The maximum Gasteiger partial charge on any atom is 0.310 e. The van der Waals surface area contributed by atoms with Crippen LogP contribution in [0.1, 0.15) is 32.6 Å². The average Bonchev–Trinajstić information content (AvgIpc) is 3.51. The van der Waals surface area contributed by atoms with Crippen LogP contribution in [-0.2, 0) is 19.1 Å². The molecular weight excluding hydrogens is 504 g/mol. The number of allylic oxidation sites excluding steroid dienone is 1. The van der Waals surface area contributed by atoms with Crippen LogP contribution in [0.4, 0.5) is 5.69 Å². The van der Waals surface area contributed by atoms with Crippen molar-refractivity contribution in [3.05, 3.63) is 49.6 Å². The van der Waals surface area contributed by atoms with Gasteiger partial charge in [-0.2, -0.15) is 0 Å². The number of esters is 1. The summed E-state index contributed by atoms with van der Waals surface area (Å²) in [5.74, 6) is -1.41. The molecule has 8 nitrogen and oxygen atoms in total. The standard InChI is InChI=1S/C29H38N2O6S/c1-5-7-8-9-17-37-28(35)23-22-18-19(3)29(38-22)24(23)26(33)31(15-16-32)25(29)27(34)30(14-6-2)20-10-12-21(36-4)13-11-20/h5-6,10-13,19,22-25,32H,1-2,7-9,14-18H2,3-4H3/t19?,22-,23+,24-,25?,29?/m0/s1. The summed E-state index contributed by atoms with van der Waals surface area (Å²) in [4.78, 5) is 44.7. The fourth-order valence-corrected chi connectivity index (χ4v) is 8.84. The predicted octanol–water partition coefficient (Wildman–Crippen LogP) is 3.44. The zero-order valence-corrected chi connectivity index (χ0v) is 23.0. The summed E-state index contributed by atoms with van der Waals surface area (Å²) in [5.41, 5.74) is 0.660. The molecule has 3 aliphatic rings. The maximum atomic E-state index is 14.4. The molecule has 1 spiro atoms. The highest BCUT2D eigenvalue weighted by Gasteiger charge is 2.76. The molecule has 1 aromatic rings. The third kappa shape index (κ3) is 4.75. The van der Waals surface area contributed by atoms with E-state index in [0.717, 1.165) is 25.7 Å². The summed E-state index contributed by atoms with van der Waals surface area (Å²) in [6.07, 6.45) is 6.69. The molecule has 3 saturated heterocycles. The number of amides is 2. The number of nitrogens with zero attached hydrogens (tertiary/aromatic N) is 2. The number of methoxy groups -OCH3 is 1. The maximum absolute atomic E-state index is 14.4. The SMILES string of the molecule is C=CCCCCOC(=O)[C@@H]1[C@@H]2CC(C)C3(S2)C(C(=O)N(CC=C)c2ccc(OC)cc2)N(CCO)C(=O)[C@H]13. The Balaban J connectivity index is 1.67. The molecule has 0 saturated carbocycles. The van der Waals surface area contributed by atoms with Gasteiger partial charge in [0.25, 0.3) is 5.91 Å². The smallest absolute Gasteiger partial charge is 0.310 e. The van der Waals surface area contributed by atoms with Crippen LogP contribution in [0.5, 0.6) is 5.75 Å². The molecule has 0 aliphatic carbocycles. The second-order valence-corrected chi connectivity index (χ2v) is 11.7. The van der Waals surface area contributed by atoms with E-state index in [-0.39, 0.29) is 48.6 Å². The van der Waals surface area contributed by atoms with Crippen molar-refractivity contribution in [1.82, 2.24) is 4.90 Å². The lowest BCUT2D eigenvalue weighted by molar-refractivity contribution is -0.154. The molecule has 1 aromatic carbocycles. The number of carbonyl (C=O) groups is 3. The van der Waals surface area contributed by atoms with Gasteiger partial charge in [0.1, 0.15) is 11.8 Å². The zero-order valence-electron chi connectivity index (χ0n) is 22.2. The number of unbranched alkanes of at least 4 members (excludes halogenated alkanes) is 2. The van der Waals surface area contributed by atoms with Crippen molar-refractivity contribution in [3.8, 4) is 5.75 Å². The number of ether oxygens (including phenoxy) is 2. The largest absolute Gasteiger partial charge is 0.497 e. The van der Waals surface area contributed by atoms with Crippen LogP contribution in [0.3, 0.4) is 0 Å². The van der Waals surface area contributed by atoms with Crippen molar-refractivity contribution in [2.24, 2.45) is 17.8 Å². The van der Waals surface area contributed by atoms with Crippen molar-refractivity contribution in [3.63, 3.8) is 0 Å². The molecular formula is C29H38N2O6S. The van der Waals surface area contributed by atoms with Crippen molar-refractivity contribution >= 4 is 35.2 Å². The average molecular weight is 543 g/mol. The highest BCUT2D eigenvalue weighted by molar-refractivity contribution is 8.02. The number of likely N-dealkylation sites (tertiary alicyclic amines) is 1. The Labute approximate surface area is 229 Å². The second kappa shape index (κ2) is 11.9. The molecule has 4 rings (SSSR count). The molecule has 0 aromatic heterocycles. The number of aliphatic hydroxyl groups excluding tert-OH is 1. The summed E-state index contributed by atoms with van der Waals surface area (Å²) in [6, 6.07) is 6.36. The number of thioether (sulfide) groups is 1. The van der Waals surface area contributed by atoms with E-state index in [4.69, 9.17) is 9.47 Å². The van der Waals surface area contributed by atoms with Crippen LogP contribution in [-0.4, -0.2) is 77.2 Å². The number of rotatable bonds is 13. The molecule has 38 heavy (non-hydrogen) atoms. The molecule has 2 bridgehead atoms. The lowest BCUT2D eigenvalue weighted by atomic mass is 9.66. The fourth-order valence-electron chi connectivity index (χ4n) is 6.44. The van der Waals surface area contributed by atoms with Crippen LogP contribution in [0.15, 0.2) is 49.6 Å². The first-order valence-electron chi connectivity index (χ1n) is 13.3. The number of fused-ring (bicyclic) bond motifs is 1. The number of β-amino-alcohol motifs (C(OH)–C–C–N with tert-alkyl or cyclic N) is 1. The zero-order chi connectivity index (χ0) is 27.4. The molecule has 2 amide bonds. The number of hydrogen-bond acceptors (Lipinski definition) is 7. The first-order chi connectivity index (χ1) is 18.3. The number of carbonyl (C=O) groups excluding carboxylic acids is 3. The van der Waals surface area contributed by atoms with Gasteiger partial charge in [-0.1, -0.05) is 19.1 Å². The van der Waals surface area contributed by atoms with Gasteiger partial charge in [-0.25, -0.2) is 0 Å². The number of anilines is 1. The molecule has 206 valence electrons. The van der Waals surface area contributed by atoms with E-state index in [1.54, 1.807) is 54.1 Å². The first kappa shape index (κ1) is 28.2. The summed E-state index contributed by atoms with van der Waals surface area (Å²) in [5, 5.41) is 9.78. The summed E-state index contributed by atoms with van der Waals surface area (Å²) < 4.78 is 10.2. The van der Waals surface area contributed by atoms with E-state index in [9.17, 15) is 19.5 Å². The van der Waals surface area contributed by atoms with Gasteiger partial charge in [0, 0.05) is 24.0 Å². The van der Waals surface area contributed by atoms with Gasteiger partial charge in [-0.3, -0.25) is 14.4 Å². The van der Waals surface area contributed by atoms with E-state index in [2.05, 4.69) is 20.1 Å². The molecule has 1 N–H and O–H groups in total. The number of benzene rings is 1. The van der Waals surface area contributed by atoms with Crippen molar-refractivity contribution in [2.75, 3.05) is 38.3 Å². The van der Waals surface area contributed by atoms with Crippen LogP contribution >= 0.6 is 11.8 Å². The van der Waals surface area contributed by atoms with Gasteiger partial charge < -0.3 is 24.4 Å². The van der Waals surface area contributed by atoms with Gasteiger partial charge in [-0.15, -0.1) is 24.9 Å². The van der Waals surface area contributed by atoms with Crippen LogP contribution in [0.25, 0.3) is 0 Å². The van der Waals surface area contributed by atoms with Gasteiger partial charge in [0.05, 0.1) is 36.9 Å². The second-order valence-electron chi connectivity index (χ2n) is 10.2. The minimum Gasteiger partial charge on any atom is -0.497 e. The molecule has 9 heteroatoms. The predicted molar refractivity (Wildman–Crippen MR) is 148 cm³/mol. The quantitative estimate of drug-likeness (QED) is 0.232. The Morgan fingerprint density at radius 1 is 1.24 bits per heavy atom. The Hall–Kier alpha value is -2.78. The minimum atomic E-state index is -0.815. The summed E-state index contributed by atoms with van der Waals surface area (Å²) >= 11 is 1.60. The molecule has 6 atom stereocenters. The molecule has 3 heterocycles. The van der Waals surface area contributed by atoms with Gasteiger partial charge >= 0.3 is 5.97 Å². The van der Waals surface area contributed by atoms with Crippen molar-refractivity contribution in [2.45, 2.75) is 48.6 Å². The van der Waals surface area contributed by atoms with Gasteiger partial charge in [-0.05, 0) is 55.9 Å².